The second-order valence-electron chi connectivity index (χ2n) is 6.26. The van der Waals surface area contributed by atoms with E-state index >= 15 is 0 Å². The zero-order chi connectivity index (χ0) is 18.6. The summed E-state index contributed by atoms with van der Waals surface area (Å²) in [6.07, 6.45) is 0.987. The maximum atomic E-state index is 5.30. The van der Waals surface area contributed by atoms with Gasteiger partial charge in [-0.2, -0.15) is 0 Å². The molecule has 4 rings (SSSR count). The number of hydrogen-bond donors (Lipinski definition) is 1. The molecule has 2 aromatic carbocycles. The van der Waals surface area contributed by atoms with Crippen LogP contribution >= 0.6 is 11.8 Å². The minimum absolute atomic E-state index is 0.220. The summed E-state index contributed by atoms with van der Waals surface area (Å²) in [7, 11) is 1.68. The second-order valence-corrected chi connectivity index (χ2v) is 7.35. The quantitative estimate of drug-likeness (QED) is 0.634. The molecule has 4 nitrogen and oxygen atoms in total. The molecule has 1 aliphatic heterocycles. The fourth-order valence-corrected chi connectivity index (χ4v) is 4.01. The molecule has 27 heavy (non-hydrogen) atoms. The van der Waals surface area contributed by atoms with Crippen molar-refractivity contribution in [3.8, 4) is 5.75 Å². The lowest BCUT2D eigenvalue weighted by Crippen LogP contribution is -2.12. The van der Waals surface area contributed by atoms with Crippen LogP contribution in [-0.2, 0) is 0 Å². The Balaban J connectivity index is 1.55. The summed E-state index contributed by atoms with van der Waals surface area (Å²) >= 11 is 1.61. The highest BCUT2D eigenvalue weighted by molar-refractivity contribution is 7.99. The number of nitrogens with zero attached hydrogens (tertiary/aromatic N) is 2. The molecule has 1 aliphatic rings. The molecule has 0 aliphatic carbocycles. The number of pyridine rings is 1. The van der Waals surface area contributed by atoms with E-state index in [4.69, 9.17) is 14.7 Å². The smallest absolute Gasteiger partial charge is 0.134 e. The van der Waals surface area contributed by atoms with Crippen molar-refractivity contribution in [3.63, 3.8) is 0 Å². The van der Waals surface area contributed by atoms with Gasteiger partial charge in [0.1, 0.15) is 22.4 Å². The molecule has 0 saturated carbocycles. The molecule has 0 spiro atoms. The van der Waals surface area contributed by atoms with Crippen molar-refractivity contribution in [3.05, 3.63) is 77.9 Å². The number of aromatic nitrogens is 1. The highest BCUT2D eigenvalue weighted by Gasteiger charge is 2.23. The van der Waals surface area contributed by atoms with Crippen LogP contribution < -0.4 is 10.1 Å². The van der Waals surface area contributed by atoms with Gasteiger partial charge in [-0.05, 0) is 42.3 Å². The Bertz CT molecular complexity index is 987. The van der Waals surface area contributed by atoms with E-state index in [0.717, 1.165) is 39.3 Å². The average molecular weight is 375 g/mol. The van der Waals surface area contributed by atoms with Gasteiger partial charge in [-0.15, -0.1) is 0 Å². The van der Waals surface area contributed by atoms with Gasteiger partial charge < -0.3 is 10.1 Å². The molecule has 0 saturated heterocycles. The molecule has 136 valence electrons. The predicted octanol–water partition coefficient (Wildman–Crippen LogP) is 5.56. The van der Waals surface area contributed by atoms with Gasteiger partial charge in [0.25, 0.3) is 0 Å². The van der Waals surface area contributed by atoms with Crippen molar-refractivity contribution in [2.75, 3.05) is 12.4 Å². The fraction of sp³-hybridized carbons (Fsp3) is 0.182. The summed E-state index contributed by atoms with van der Waals surface area (Å²) in [5, 5.41) is 4.33. The fourth-order valence-electron chi connectivity index (χ4n) is 3.16. The number of fused-ring (bicyclic) bond motifs is 1. The summed E-state index contributed by atoms with van der Waals surface area (Å²) in [4.78, 5) is 10.7. The number of aliphatic imine (C=N–C) groups is 1. The van der Waals surface area contributed by atoms with E-state index in [9.17, 15) is 0 Å². The van der Waals surface area contributed by atoms with Gasteiger partial charge in [-0.25, -0.2) is 4.98 Å². The maximum absolute atomic E-state index is 5.30. The predicted molar refractivity (Wildman–Crippen MR) is 111 cm³/mol. The van der Waals surface area contributed by atoms with Crippen LogP contribution in [-0.4, -0.2) is 17.9 Å². The first-order valence-corrected chi connectivity index (χ1v) is 9.81. The minimum Gasteiger partial charge on any atom is -0.497 e. The molecule has 0 bridgehead atoms. The number of anilines is 1. The number of ether oxygens (including phenoxy) is 1. The molecule has 0 radical (unpaired) electrons. The van der Waals surface area contributed by atoms with Crippen LogP contribution in [0.25, 0.3) is 0 Å². The first-order valence-electron chi connectivity index (χ1n) is 9.00. The van der Waals surface area contributed by atoms with Crippen LogP contribution in [0.1, 0.15) is 30.5 Å². The van der Waals surface area contributed by atoms with Gasteiger partial charge in [0.15, 0.2) is 0 Å². The van der Waals surface area contributed by atoms with Crippen molar-refractivity contribution in [1.29, 1.82) is 0 Å². The number of amidine groups is 1. The van der Waals surface area contributed by atoms with E-state index in [1.54, 1.807) is 18.9 Å². The van der Waals surface area contributed by atoms with E-state index in [1.807, 2.05) is 36.4 Å². The van der Waals surface area contributed by atoms with Gasteiger partial charge in [-0.1, -0.05) is 55.1 Å². The van der Waals surface area contributed by atoms with Crippen molar-refractivity contribution in [1.82, 2.24) is 4.98 Å². The third-order valence-corrected chi connectivity index (χ3v) is 5.41. The lowest BCUT2D eigenvalue weighted by molar-refractivity contribution is 0.413. The lowest BCUT2D eigenvalue weighted by atomic mass is 10.0. The van der Waals surface area contributed by atoms with Crippen molar-refractivity contribution < 1.29 is 4.74 Å². The first-order chi connectivity index (χ1) is 13.3. The highest BCUT2D eigenvalue weighted by Crippen LogP contribution is 2.33. The zero-order valence-electron chi connectivity index (χ0n) is 15.3. The van der Waals surface area contributed by atoms with E-state index in [0.29, 0.717) is 0 Å². The van der Waals surface area contributed by atoms with Crippen LogP contribution in [0.3, 0.4) is 0 Å². The summed E-state index contributed by atoms with van der Waals surface area (Å²) in [6, 6.07) is 22.6. The average Bonchev–Trinajstić information content (AvgIpc) is 3.06. The molecule has 1 atom stereocenters. The molecule has 0 fully saturated rings. The molecular weight excluding hydrogens is 354 g/mol. The normalized spacial score (nSPS) is 15.2. The minimum atomic E-state index is 0.220. The second kappa shape index (κ2) is 7.84. The van der Waals surface area contributed by atoms with E-state index in [1.165, 1.54) is 5.56 Å². The van der Waals surface area contributed by atoms with E-state index in [2.05, 4.69) is 42.6 Å². The molecule has 1 N–H and O–H groups in total. The Morgan fingerprint density at radius 1 is 1.04 bits per heavy atom. The van der Waals surface area contributed by atoms with Crippen molar-refractivity contribution in [2.45, 2.75) is 29.3 Å². The Morgan fingerprint density at radius 2 is 1.89 bits per heavy atom. The topological polar surface area (TPSA) is 46.5 Å². The third kappa shape index (κ3) is 3.83. The lowest BCUT2D eigenvalue weighted by Gasteiger charge is -2.09. The van der Waals surface area contributed by atoms with Crippen LogP contribution in [0.5, 0.6) is 5.75 Å². The largest absolute Gasteiger partial charge is 0.497 e. The zero-order valence-corrected chi connectivity index (χ0v) is 16.2. The monoisotopic (exact) mass is 375 g/mol. The Hall–Kier alpha value is -2.79. The van der Waals surface area contributed by atoms with Crippen LogP contribution in [0.15, 0.2) is 81.6 Å². The first kappa shape index (κ1) is 17.6. The summed E-state index contributed by atoms with van der Waals surface area (Å²) in [5.74, 6) is 2.54. The molecule has 1 unspecified atom stereocenters. The van der Waals surface area contributed by atoms with E-state index in [-0.39, 0.29) is 6.04 Å². The molecule has 3 aromatic rings. The summed E-state index contributed by atoms with van der Waals surface area (Å²) < 4.78 is 5.30. The van der Waals surface area contributed by atoms with Gasteiger partial charge in [-0.3, -0.25) is 4.99 Å². The van der Waals surface area contributed by atoms with Crippen LogP contribution in [0.4, 0.5) is 5.82 Å². The van der Waals surface area contributed by atoms with Crippen molar-refractivity contribution >= 4 is 23.4 Å². The number of nitrogens with one attached hydrogen (secondary N) is 1. The third-order valence-electron chi connectivity index (χ3n) is 4.48. The van der Waals surface area contributed by atoms with Crippen molar-refractivity contribution in [2.24, 2.45) is 4.99 Å². The molecule has 2 heterocycles. The Labute approximate surface area is 163 Å². The molecular formula is C22H21N3OS. The summed E-state index contributed by atoms with van der Waals surface area (Å²) in [6.45, 7) is 2.16. The van der Waals surface area contributed by atoms with Gasteiger partial charge in [0.2, 0.25) is 0 Å². The molecule has 1 aromatic heterocycles. The number of benzene rings is 2. The van der Waals surface area contributed by atoms with Crippen LogP contribution in [0, 0.1) is 0 Å². The number of hydrogen-bond acceptors (Lipinski definition) is 5. The standard InChI is InChI=1S/C22H21N3OS/c1-3-19-17-10-4-5-11-18(17)22(23-19)25-20-12-7-13-21(24-20)27-16-9-6-8-15(14-16)26-2/h4-14,19H,3H2,1-2H3,(H,23,24,25). The van der Waals surface area contributed by atoms with Gasteiger partial charge >= 0.3 is 0 Å². The highest BCUT2D eigenvalue weighted by atomic mass is 32.2. The molecule has 0 amide bonds. The van der Waals surface area contributed by atoms with Gasteiger partial charge in [0.05, 0.1) is 13.2 Å². The molecule has 5 heteroatoms. The SMILES string of the molecule is CCC1N=C(Nc2cccc(Sc3cccc(OC)c3)n2)c2ccccc21. The maximum Gasteiger partial charge on any atom is 0.134 e. The van der Waals surface area contributed by atoms with Crippen LogP contribution in [0.2, 0.25) is 0 Å². The number of methoxy groups -OCH3 is 1. The van der Waals surface area contributed by atoms with E-state index < -0.39 is 0 Å². The summed E-state index contributed by atoms with van der Waals surface area (Å²) in [5.41, 5.74) is 2.45. The Kier molecular flexibility index (Phi) is 5.12. The Morgan fingerprint density at radius 3 is 2.74 bits per heavy atom. The van der Waals surface area contributed by atoms with Gasteiger partial charge in [0, 0.05) is 10.5 Å². The number of rotatable bonds is 5.